The number of esters is 1. The third-order valence-electron chi connectivity index (χ3n) is 4.48. The largest absolute Gasteiger partial charge is 0.454 e. The van der Waals surface area contributed by atoms with Crippen LogP contribution in [0.5, 0.6) is 11.5 Å². The van der Waals surface area contributed by atoms with Crippen molar-refractivity contribution >= 4 is 11.9 Å². The van der Waals surface area contributed by atoms with Crippen molar-refractivity contribution in [3.63, 3.8) is 0 Å². The third-order valence-corrected chi connectivity index (χ3v) is 4.48. The molecule has 2 aliphatic heterocycles. The molecule has 0 saturated carbocycles. The molecule has 27 heavy (non-hydrogen) atoms. The predicted octanol–water partition coefficient (Wildman–Crippen LogP) is 2.17. The Kier molecular flexibility index (Phi) is 4.93. The van der Waals surface area contributed by atoms with E-state index in [4.69, 9.17) is 18.9 Å². The van der Waals surface area contributed by atoms with Gasteiger partial charge in [-0.1, -0.05) is 30.3 Å². The molecule has 2 aliphatic rings. The van der Waals surface area contributed by atoms with Crippen LogP contribution in [0, 0.1) is 0 Å². The van der Waals surface area contributed by atoms with Crippen molar-refractivity contribution in [2.75, 3.05) is 33.1 Å². The van der Waals surface area contributed by atoms with Crippen molar-refractivity contribution < 1.29 is 28.5 Å². The quantitative estimate of drug-likeness (QED) is 0.769. The molecule has 0 bridgehead atoms. The molecular formula is C20H19NO6. The number of ether oxygens (including phenoxy) is 4. The maximum absolute atomic E-state index is 13.0. The second-order valence-corrected chi connectivity index (χ2v) is 6.20. The zero-order chi connectivity index (χ0) is 18.6. The number of benzene rings is 2. The number of rotatable bonds is 4. The van der Waals surface area contributed by atoms with Gasteiger partial charge in [-0.25, -0.2) is 4.79 Å². The zero-order valence-electron chi connectivity index (χ0n) is 14.6. The summed E-state index contributed by atoms with van der Waals surface area (Å²) < 4.78 is 21.5. The fourth-order valence-electron chi connectivity index (χ4n) is 3.04. The first kappa shape index (κ1) is 17.4. The average Bonchev–Trinajstić information content (AvgIpc) is 3.20. The highest BCUT2D eigenvalue weighted by Gasteiger charge is 2.31. The van der Waals surface area contributed by atoms with Crippen LogP contribution in [0.1, 0.15) is 22.0 Å². The van der Waals surface area contributed by atoms with Crippen LogP contribution in [0.15, 0.2) is 48.5 Å². The van der Waals surface area contributed by atoms with Crippen LogP contribution >= 0.6 is 0 Å². The Morgan fingerprint density at radius 1 is 0.963 bits per heavy atom. The van der Waals surface area contributed by atoms with Crippen molar-refractivity contribution in [1.82, 2.24) is 4.90 Å². The minimum Gasteiger partial charge on any atom is -0.454 e. The van der Waals surface area contributed by atoms with Crippen molar-refractivity contribution in [2.45, 2.75) is 6.10 Å². The number of carbonyl (C=O) groups is 2. The number of amides is 1. The summed E-state index contributed by atoms with van der Waals surface area (Å²) >= 11 is 0. The minimum atomic E-state index is -1.01. The Labute approximate surface area is 156 Å². The van der Waals surface area contributed by atoms with Gasteiger partial charge in [0.1, 0.15) is 0 Å². The van der Waals surface area contributed by atoms with E-state index in [1.54, 1.807) is 35.2 Å². The average molecular weight is 369 g/mol. The first-order valence-electron chi connectivity index (χ1n) is 8.74. The molecule has 1 fully saturated rings. The highest BCUT2D eigenvalue weighted by Crippen LogP contribution is 2.33. The summed E-state index contributed by atoms with van der Waals surface area (Å²) in [6.07, 6.45) is -1.01. The van der Waals surface area contributed by atoms with Gasteiger partial charge in [0.2, 0.25) is 12.9 Å². The maximum atomic E-state index is 13.0. The predicted molar refractivity (Wildman–Crippen MR) is 94.6 cm³/mol. The normalized spacial score (nSPS) is 16.7. The highest BCUT2D eigenvalue weighted by atomic mass is 16.7. The molecule has 7 heteroatoms. The Bertz CT molecular complexity index is 832. The first-order valence-corrected chi connectivity index (χ1v) is 8.74. The van der Waals surface area contributed by atoms with Gasteiger partial charge in [-0.3, -0.25) is 4.79 Å². The number of hydrogen-bond donors (Lipinski definition) is 0. The Morgan fingerprint density at radius 3 is 2.48 bits per heavy atom. The van der Waals surface area contributed by atoms with Crippen LogP contribution in [-0.2, 0) is 14.3 Å². The Hall–Kier alpha value is -3.06. The molecule has 0 spiro atoms. The number of nitrogens with zero attached hydrogens (tertiary/aromatic N) is 1. The van der Waals surface area contributed by atoms with Gasteiger partial charge in [0.15, 0.2) is 11.5 Å². The van der Waals surface area contributed by atoms with Gasteiger partial charge in [-0.05, 0) is 18.2 Å². The second kappa shape index (κ2) is 7.67. The molecular weight excluding hydrogens is 350 g/mol. The molecule has 2 aromatic rings. The topological polar surface area (TPSA) is 74.3 Å². The summed E-state index contributed by atoms with van der Waals surface area (Å²) in [6, 6.07) is 13.8. The summed E-state index contributed by atoms with van der Waals surface area (Å²) in [7, 11) is 0. The van der Waals surface area contributed by atoms with E-state index in [0.29, 0.717) is 48.9 Å². The van der Waals surface area contributed by atoms with Gasteiger partial charge < -0.3 is 23.8 Å². The van der Waals surface area contributed by atoms with Crippen molar-refractivity contribution in [3.8, 4) is 11.5 Å². The van der Waals surface area contributed by atoms with Crippen LogP contribution < -0.4 is 9.47 Å². The fraction of sp³-hybridized carbons (Fsp3) is 0.300. The van der Waals surface area contributed by atoms with Crippen LogP contribution in [0.3, 0.4) is 0 Å². The van der Waals surface area contributed by atoms with Gasteiger partial charge in [0.25, 0.3) is 5.91 Å². The zero-order valence-corrected chi connectivity index (χ0v) is 14.6. The van der Waals surface area contributed by atoms with Gasteiger partial charge in [-0.2, -0.15) is 0 Å². The standard InChI is InChI=1S/C20H19NO6/c22-19(21-8-10-24-11-9-21)18(14-4-2-1-3-5-14)27-20(23)15-6-7-16-17(12-15)26-13-25-16/h1-7,12,18H,8-11,13H2/t18-/m1/s1. The highest BCUT2D eigenvalue weighted by molar-refractivity contribution is 5.93. The van der Waals surface area contributed by atoms with Crippen LogP contribution in [-0.4, -0.2) is 49.9 Å². The summed E-state index contributed by atoms with van der Waals surface area (Å²) in [4.78, 5) is 27.4. The lowest BCUT2D eigenvalue weighted by atomic mass is 10.1. The van der Waals surface area contributed by atoms with Crippen LogP contribution in [0.4, 0.5) is 0 Å². The lowest BCUT2D eigenvalue weighted by Gasteiger charge is -2.30. The third kappa shape index (κ3) is 3.73. The second-order valence-electron chi connectivity index (χ2n) is 6.20. The molecule has 0 aromatic heterocycles. The molecule has 140 valence electrons. The smallest absolute Gasteiger partial charge is 0.339 e. The molecule has 1 atom stereocenters. The van der Waals surface area contributed by atoms with Gasteiger partial charge in [0, 0.05) is 18.7 Å². The Morgan fingerprint density at radius 2 is 1.70 bits per heavy atom. The SMILES string of the molecule is O=C(O[C@@H](C(=O)N1CCOCC1)c1ccccc1)c1ccc2c(c1)OCO2. The monoisotopic (exact) mass is 369 g/mol. The van der Waals surface area contributed by atoms with Crippen molar-refractivity contribution in [2.24, 2.45) is 0 Å². The maximum Gasteiger partial charge on any atom is 0.339 e. The summed E-state index contributed by atoms with van der Waals surface area (Å²) in [5.74, 6) is 0.220. The van der Waals surface area contributed by atoms with Crippen molar-refractivity contribution in [3.05, 3.63) is 59.7 Å². The Balaban J connectivity index is 1.57. The molecule has 0 radical (unpaired) electrons. The molecule has 0 N–H and O–H groups in total. The molecule has 1 amide bonds. The van der Waals surface area contributed by atoms with E-state index in [0.717, 1.165) is 0 Å². The van der Waals surface area contributed by atoms with E-state index in [9.17, 15) is 9.59 Å². The van der Waals surface area contributed by atoms with E-state index in [-0.39, 0.29) is 12.7 Å². The van der Waals surface area contributed by atoms with Crippen LogP contribution in [0.25, 0.3) is 0 Å². The molecule has 2 heterocycles. The first-order chi connectivity index (χ1) is 13.2. The van der Waals surface area contributed by atoms with Crippen LogP contribution in [0.2, 0.25) is 0 Å². The van der Waals surface area contributed by atoms with Crippen molar-refractivity contribution in [1.29, 1.82) is 0 Å². The lowest BCUT2D eigenvalue weighted by Crippen LogP contribution is -2.44. The van der Waals surface area contributed by atoms with E-state index in [1.165, 1.54) is 0 Å². The summed E-state index contributed by atoms with van der Waals surface area (Å²) in [6.45, 7) is 2.02. The summed E-state index contributed by atoms with van der Waals surface area (Å²) in [5, 5.41) is 0. The molecule has 1 saturated heterocycles. The molecule has 4 rings (SSSR count). The fourth-order valence-corrected chi connectivity index (χ4v) is 3.04. The molecule has 0 unspecified atom stereocenters. The number of carbonyl (C=O) groups excluding carboxylic acids is 2. The van der Waals surface area contributed by atoms with E-state index in [2.05, 4.69) is 0 Å². The van der Waals surface area contributed by atoms with E-state index in [1.807, 2.05) is 18.2 Å². The minimum absolute atomic E-state index is 0.121. The van der Waals surface area contributed by atoms with Gasteiger partial charge in [-0.15, -0.1) is 0 Å². The number of fused-ring (bicyclic) bond motifs is 1. The van der Waals surface area contributed by atoms with E-state index >= 15 is 0 Å². The lowest BCUT2D eigenvalue weighted by molar-refractivity contribution is -0.145. The van der Waals surface area contributed by atoms with Gasteiger partial charge in [0.05, 0.1) is 18.8 Å². The van der Waals surface area contributed by atoms with Gasteiger partial charge >= 0.3 is 5.97 Å². The molecule has 2 aromatic carbocycles. The van der Waals surface area contributed by atoms with E-state index < -0.39 is 12.1 Å². The molecule has 7 nitrogen and oxygen atoms in total. The number of hydrogen-bond acceptors (Lipinski definition) is 6. The molecule has 0 aliphatic carbocycles. The summed E-state index contributed by atoms with van der Waals surface area (Å²) in [5.41, 5.74) is 0.929. The number of morpholine rings is 1.